The third-order valence-corrected chi connectivity index (χ3v) is 4.63. The van der Waals surface area contributed by atoms with E-state index in [0.717, 1.165) is 0 Å². The van der Waals surface area contributed by atoms with Crippen LogP contribution in [-0.4, -0.2) is 32.6 Å². The summed E-state index contributed by atoms with van der Waals surface area (Å²) in [5.41, 5.74) is 1.12. The average molecular weight is 375 g/mol. The van der Waals surface area contributed by atoms with Crippen LogP contribution in [0.1, 0.15) is 6.42 Å². The summed E-state index contributed by atoms with van der Waals surface area (Å²) in [7, 11) is 3.09. The number of methoxy groups -OCH3 is 2. The maximum atomic E-state index is 12.6. The minimum absolute atomic E-state index is 0.122. The lowest BCUT2D eigenvalue weighted by molar-refractivity contribution is -0.122. The van der Waals surface area contributed by atoms with Gasteiger partial charge in [0.05, 0.1) is 36.5 Å². The molecule has 0 saturated carbocycles. The van der Waals surface area contributed by atoms with E-state index in [4.69, 9.17) is 21.1 Å². The Kier molecular flexibility index (Phi) is 5.32. The minimum atomic E-state index is -0.477. The predicted octanol–water partition coefficient (Wildman–Crippen LogP) is 3.35. The van der Waals surface area contributed by atoms with E-state index in [1.165, 1.54) is 7.11 Å². The molecule has 7 heteroatoms. The van der Waals surface area contributed by atoms with E-state index in [1.807, 2.05) is 0 Å². The molecule has 2 aromatic rings. The zero-order valence-corrected chi connectivity index (χ0v) is 15.2. The Morgan fingerprint density at radius 1 is 1.19 bits per heavy atom. The van der Waals surface area contributed by atoms with Gasteiger partial charge in [-0.05, 0) is 24.3 Å². The van der Waals surface area contributed by atoms with Crippen LogP contribution in [0, 0.1) is 5.92 Å². The lowest BCUT2D eigenvalue weighted by Gasteiger charge is -2.20. The molecule has 1 N–H and O–H groups in total. The van der Waals surface area contributed by atoms with Crippen molar-refractivity contribution in [1.82, 2.24) is 0 Å². The number of carbonyl (C=O) groups is 2. The average Bonchev–Trinajstić information content (AvgIpc) is 3.04. The molecule has 0 bridgehead atoms. The van der Waals surface area contributed by atoms with Gasteiger partial charge in [-0.3, -0.25) is 9.59 Å². The van der Waals surface area contributed by atoms with E-state index in [2.05, 4.69) is 5.32 Å². The number of nitrogens with zero attached hydrogens (tertiary/aromatic N) is 1. The van der Waals surface area contributed by atoms with Gasteiger partial charge in [-0.25, -0.2) is 0 Å². The summed E-state index contributed by atoms with van der Waals surface area (Å²) in [6.45, 7) is 0.263. The standard InChI is InChI=1S/C19H19ClN2O4/c1-25-13-7-8-17(26-2)16(10-13)22-11-12(9-18(22)23)19(24)21-15-6-4-3-5-14(15)20/h3-8,10,12H,9,11H2,1-2H3,(H,21,24). The van der Waals surface area contributed by atoms with Crippen LogP contribution in [0.2, 0.25) is 5.02 Å². The highest BCUT2D eigenvalue weighted by Gasteiger charge is 2.36. The third-order valence-electron chi connectivity index (χ3n) is 4.30. The van der Waals surface area contributed by atoms with E-state index in [0.29, 0.717) is 27.9 Å². The van der Waals surface area contributed by atoms with Crippen LogP contribution in [0.4, 0.5) is 11.4 Å². The molecule has 1 atom stereocenters. The van der Waals surface area contributed by atoms with Crippen LogP contribution in [0.3, 0.4) is 0 Å². The molecule has 26 heavy (non-hydrogen) atoms. The van der Waals surface area contributed by atoms with Gasteiger partial charge in [0.25, 0.3) is 0 Å². The summed E-state index contributed by atoms with van der Waals surface area (Å²) in [5.74, 6) is 0.297. The Labute approximate surface area is 156 Å². The third kappa shape index (κ3) is 3.60. The Hall–Kier alpha value is -2.73. The van der Waals surface area contributed by atoms with E-state index >= 15 is 0 Å². The topological polar surface area (TPSA) is 67.9 Å². The highest BCUT2D eigenvalue weighted by molar-refractivity contribution is 6.33. The predicted molar refractivity (Wildman–Crippen MR) is 100 cm³/mol. The van der Waals surface area contributed by atoms with E-state index in [9.17, 15) is 9.59 Å². The Morgan fingerprint density at radius 2 is 1.96 bits per heavy atom. The molecule has 2 amide bonds. The van der Waals surface area contributed by atoms with Gasteiger partial charge < -0.3 is 19.7 Å². The number of carbonyl (C=O) groups excluding carboxylic acids is 2. The van der Waals surface area contributed by atoms with Crippen molar-refractivity contribution in [3.8, 4) is 11.5 Å². The number of ether oxygens (including phenoxy) is 2. The van der Waals surface area contributed by atoms with Crippen molar-refractivity contribution in [2.45, 2.75) is 6.42 Å². The molecule has 1 heterocycles. The summed E-state index contributed by atoms with van der Waals surface area (Å²) in [5, 5.41) is 3.25. The van der Waals surface area contributed by atoms with Crippen LogP contribution in [0.15, 0.2) is 42.5 Å². The van der Waals surface area contributed by atoms with Crippen LogP contribution in [0.25, 0.3) is 0 Å². The molecule has 1 fully saturated rings. The van der Waals surface area contributed by atoms with E-state index in [-0.39, 0.29) is 24.8 Å². The van der Waals surface area contributed by atoms with Gasteiger partial charge in [0, 0.05) is 19.0 Å². The molecule has 0 radical (unpaired) electrons. The number of nitrogens with one attached hydrogen (secondary N) is 1. The maximum Gasteiger partial charge on any atom is 0.229 e. The minimum Gasteiger partial charge on any atom is -0.497 e. The molecule has 0 aromatic heterocycles. The monoisotopic (exact) mass is 374 g/mol. The largest absolute Gasteiger partial charge is 0.497 e. The molecule has 1 aliphatic heterocycles. The van der Waals surface area contributed by atoms with Gasteiger partial charge in [-0.2, -0.15) is 0 Å². The van der Waals surface area contributed by atoms with Crippen molar-refractivity contribution in [3.63, 3.8) is 0 Å². The first-order valence-corrected chi connectivity index (χ1v) is 8.49. The molecule has 1 aliphatic rings. The Bertz CT molecular complexity index is 840. The SMILES string of the molecule is COc1ccc(OC)c(N2CC(C(=O)Nc3ccccc3Cl)CC2=O)c1. The number of para-hydroxylation sites is 1. The quantitative estimate of drug-likeness (QED) is 0.871. The smallest absolute Gasteiger partial charge is 0.229 e. The number of benzene rings is 2. The van der Waals surface area contributed by atoms with Crippen molar-refractivity contribution >= 4 is 34.8 Å². The number of halogens is 1. The number of amides is 2. The number of hydrogen-bond donors (Lipinski definition) is 1. The molecule has 1 saturated heterocycles. The second kappa shape index (κ2) is 7.66. The van der Waals surface area contributed by atoms with Gasteiger partial charge in [0.1, 0.15) is 11.5 Å². The molecule has 136 valence electrons. The van der Waals surface area contributed by atoms with Gasteiger partial charge in [0.15, 0.2) is 0 Å². The van der Waals surface area contributed by atoms with Crippen molar-refractivity contribution in [2.24, 2.45) is 5.92 Å². The maximum absolute atomic E-state index is 12.6. The summed E-state index contributed by atoms with van der Waals surface area (Å²) < 4.78 is 10.6. The summed E-state index contributed by atoms with van der Waals surface area (Å²) in [4.78, 5) is 26.6. The second-order valence-corrected chi connectivity index (χ2v) is 6.32. The van der Waals surface area contributed by atoms with Crippen molar-refractivity contribution in [1.29, 1.82) is 0 Å². The highest BCUT2D eigenvalue weighted by Crippen LogP contribution is 2.36. The molecule has 2 aromatic carbocycles. The van der Waals surface area contributed by atoms with Gasteiger partial charge in [-0.15, -0.1) is 0 Å². The van der Waals surface area contributed by atoms with E-state index < -0.39 is 5.92 Å². The lowest BCUT2D eigenvalue weighted by atomic mass is 10.1. The van der Waals surface area contributed by atoms with Gasteiger partial charge in [0.2, 0.25) is 11.8 Å². The molecular weight excluding hydrogens is 356 g/mol. The second-order valence-electron chi connectivity index (χ2n) is 5.91. The van der Waals surface area contributed by atoms with Crippen LogP contribution >= 0.6 is 11.6 Å². The zero-order chi connectivity index (χ0) is 18.7. The van der Waals surface area contributed by atoms with E-state index in [1.54, 1.807) is 54.5 Å². The first-order chi connectivity index (χ1) is 12.5. The van der Waals surface area contributed by atoms with Crippen molar-refractivity contribution in [2.75, 3.05) is 31.0 Å². The van der Waals surface area contributed by atoms with Crippen molar-refractivity contribution in [3.05, 3.63) is 47.5 Å². The summed E-state index contributed by atoms with van der Waals surface area (Å²) in [6, 6.07) is 12.2. The molecule has 0 aliphatic carbocycles. The summed E-state index contributed by atoms with van der Waals surface area (Å²) in [6.07, 6.45) is 0.122. The molecule has 1 unspecified atom stereocenters. The normalized spacial score (nSPS) is 16.5. The molecule has 6 nitrogen and oxygen atoms in total. The molecule has 0 spiro atoms. The highest BCUT2D eigenvalue weighted by atomic mass is 35.5. The van der Waals surface area contributed by atoms with Crippen LogP contribution < -0.4 is 19.7 Å². The number of anilines is 2. The lowest BCUT2D eigenvalue weighted by Crippen LogP contribution is -2.28. The van der Waals surface area contributed by atoms with Gasteiger partial charge >= 0.3 is 0 Å². The Balaban J connectivity index is 1.79. The fourth-order valence-corrected chi connectivity index (χ4v) is 3.10. The summed E-state index contributed by atoms with van der Waals surface area (Å²) >= 11 is 6.08. The molecule has 3 rings (SSSR count). The zero-order valence-electron chi connectivity index (χ0n) is 14.5. The first kappa shape index (κ1) is 18.1. The van der Waals surface area contributed by atoms with Gasteiger partial charge in [-0.1, -0.05) is 23.7 Å². The number of hydrogen-bond acceptors (Lipinski definition) is 4. The fourth-order valence-electron chi connectivity index (χ4n) is 2.92. The molecular formula is C19H19ClN2O4. The fraction of sp³-hybridized carbons (Fsp3) is 0.263. The van der Waals surface area contributed by atoms with Crippen LogP contribution in [-0.2, 0) is 9.59 Å². The van der Waals surface area contributed by atoms with Crippen LogP contribution in [0.5, 0.6) is 11.5 Å². The van der Waals surface area contributed by atoms with Crippen molar-refractivity contribution < 1.29 is 19.1 Å². The Morgan fingerprint density at radius 3 is 2.65 bits per heavy atom. The number of rotatable bonds is 5. The first-order valence-electron chi connectivity index (χ1n) is 8.11.